The molecule has 0 saturated carbocycles. The van der Waals surface area contributed by atoms with Gasteiger partial charge in [0.15, 0.2) is 0 Å². The molecule has 0 aliphatic carbocycles. The van der Waals surface area contributed by atoms with E-state index in [0.717, 1.165) is 13.0 Å². The van der Waals surface area contributed by atoms with Crippen LogP contribution < -0.4 is 5.32 Å². The van der Waals surface area contributed by atoms with Crippen LogP contribution in [0.4, 0.5) is 0 Å². The van der Waals surface area contributed by atoms with E-state index in [4.69, 9.17) is 0 Å². The van der Waals surface area contributed by atoms with Crippen LogP contribution >= 0.6 is 0 Å². The van der Waals surface area contributed by atoms with Gasteiger partial charge in [-0.15, -0.1) is 0 Å². The number of nitrogens with one attached hydrogen (secondary N) is 1. The first-order valence-corrected chi connectivity index (χ1v) is 5.65. The zero-order chi connectivity index (χ0) is 10.5. The van der Waals surface area contributed by atoms with Crippen molar-refractivity contribution in [1.82, 2.24) is 15.2 Å². The molecule has 1 atom stereocenters. The minimum atomic E-state index is 0.650. The summed E-state index contributed by atoms with van der Waals surface area (Å²) in [5, 5.41) is 3.56. The first kappa shape index (κ1) is 10.6. The average Bonchev–Trinajstić information content (AvgIpc) is 2.28. The van der Waals surface area contributed by atoms with Gasteiger partial charge in [-0.1, -0.05) is 0 Å². The summed E-state index contributed by atoms with van der Waals surface area (Å²) in [5.74, 6) is 0. The van der Waals surface area contributed by atoms with Crippen LogP contribution in [0.25, 0.3) is 0 Å². The third kappa shape index (κ3) is 3.29. The summed E-state index contributed by atoms with van der Waals surface area (Å²) in [6.45, 7) is 3.47. The van der Waals surface area contributed by atoms with Crippen LogP contribution in [0, 0.1) is 0 Å². The highest BCUT2D eigenvalue weighted by atomic mass is 15.2. The summed E-state index contributed by atoms with van der Waals surface area (Å²) in [6.07, 6.45) is 6.11. The van der Waals surface area contributed by atoms with Crippen molar-refractivity contribution >= 4 is 0 Å². The lowest BCUT2D eigenvalue weighted by molar-refractivity contribution is 0.232. The van der Waals surface area contributed by atoms with Crippen LogP contribution in [0.1, 0.15) is 12.0 Å². The molecule has 3 nitrogen and oxygen atoms in total. The Morgan fingerprint density at radius 3 is 3.00 bits per heavy atom. The summed E-state index contributed by atoms with van der Waals surface area (Å²) >= 11 is 0. The third-order valence-electron chi connectivity index (χ3n) is 2.99. The number of hydrogen-bond donors (Lipinski definition) is 1. The zero-order valence-corrected chi connectivity index (χ0v) is 9.32. The molecule has 2 heterocycles. The fourth-order valence-corrected chi connectivity index (χ4v) is 2.08. The molecule has 1 saturated heterocycles. The summed E-state index contributed by atoms with van der Waals surface area (Å²) in [6, 6.07) is 4.86. The highest BCUT2D eigenvalue weighted by Gasteiger charge is 2.15. The minimum absolute atomic E-state index is 0.650. The van der Waals surface area contributed by atoms with E-state index in [1.807, 2.05) is 12.4 Å². The number of pyridine rings is 1. The molecule has 1 unspecified atom stereocenters. The summed E-state index contributed by atoms with van der Waals surface area (Å²) in [4.78, 5) is 6.42. The molecule has 2 rings (SSSR count). The van der Waals surface area contributed by atoms with Crippen molar-refractivity contribution in [2.45, 2.75) is 18.9 Å². The van der Waals surface area contributed by atoms with Crippen LogP contribution in [-0.2, 0) is 6.42 Å². The summed E-state index contributed by atoms with van der Waals surface area (Å²) in [5.41, 5.74) is 1.39. The molecular formula is C12H19N3. The van der Waals surface area contributed by atoms with Crippen molar-refractivity contribution in [3.8, 4) is 0 Å². The molecule has 1 aromatic heterocycles. The zero-order valence-electron chi connectivity index (χ0n) is 9.32. The van der Waals surface area contributed by atoms with Crippen molar-refractivity contribution in [3.05, 3.63) is 30.1 Å². The maximum Gasteiger partial charge on any atom is 0.0270 e. The molecule has 0 bridgehead atoms. The first-order chi connectivity index (χ1) is 7.34. The second-order valence-electron chi connectivity index (χ2n) is 4.31. The lowest BCUT2D eigenvalue weighted by Crippen LogP contribution is -2.49. The van der Waals surface area contributed by atoms with Gasteiger partial charge >= 0.3 is 0 Å². The van der Waals surface area contributed by atoms with Gasteiger partial charge in [-0.2, -0.15) is 0 Å². The normalized spacial score (nSPS) is 22.9. The highest BCUT2D eigenvalue weighted by Crippen LogP contribution is 2.06. The number of aryl methyl sites for hydroxylation is 1. The molecule has 1 aliphatic rings. The van der Waals surface area contributed by atoms with Crippen molar-refractivity contribution in [3.63, 3.8) is 0 Å². The topological polar surface area (TPSA) is 28.2 Å². The molecule has 3 heteroatoms. The van der Waals surface area contributed by atoms with Crippen LogP contribution in [-0.4, -0.2) is 42.6 Å². The Kier molecular flexibility index (Phi) is 3.69. The monoisotopic (exact) mass is 205 g/mol. The quantitative estimate of drug-likeness (QED) is 0.795. The Hall–Kier alpha value is -0.930. The molecule has 1 aromatic rings. The number of hydrogen-bond acceptors (Lipinski definition) is 3. The second-order valence-corrected chi connectivity index (χ2v) is 4.31. The van der Waals surface area contributed by atoms with E-state index in [-0.39, 0.29) is 0 Å². The molecule has 1 N–H and O–H groups in total. The van der Waals surface area contributed by atoms with E-state index in [1.165, 1.54) is 25.1 Å². The molecule has 0 aromatic carbocycles. The Morgan fingerprint density at radius 1 is 1.47 bits per heavy atom. The highest BCUT2D eigenvalue weighted by molar-refractivity contribution is 5.09. The molecule has 82 valence electrons. The van der Waals surface area contributed by atoms with Gasteiger partial charge in [0.25, 0.3) is 0 Å². The fraction of sp³-hybridized carbons (Fsp3) is 0.583. The van der Waals surface area contributed by atoms with Crippen molar-refractivity contribution in [2.24, 2.45) is 0 Å². The van der Waals surface area contributed by atoms with E-state index >= 15 is 0 Å². The van der Waals surface area contributed by atoms with E-state index in [2.05, 4.69) is 34.4 Å². The maximum atomic E-state index is 4.03. The molecule has 0 amide bonds. The van der Waals surface area contributed by atoms with E-state index in [0.29, 0.717) is 6.04 Å². The third-order valence-corrected chi connectivity index (χ3v) is 2.99. The fourth-order valence-electron chi connectivity index (χ4n) is 2.08. The predicted molar refractivity (Wildman–Crippen MR) is 61.8 cm³/mol. The number of rotatable bonds is 3. The van der Waals surface area contributed by atoms with E-state index in [9.17, 15) is 0 Å². The molecular weight excluding hydrogens is 186 g/mol. The number of piperazine rings is 1. The van der Waals surface area contributed by atoms with Crippen molar-refractivity contribution in [2.75, 3.05) is 26.7 Å². The largest absolute Gasteiger partial charge is 0.311 e. The van der Waals surface area contributed by atoms with Gasteiger partial charge in [0.05, 0.1) is 0 Å². The van der Waals surface area contributed by atoms with Crippen molar-refractivity contribution in [1.29, 1.82) is 0 Å². The van der Waals surface area contributed by atoms with Crippen LogP contribution in [0.2, 0.25) is 0 Å². The Morgan fingerprint density at radius 2 is 2.27 bits per heavy atom. The molecule has 1 aliphatic heterocycles. The van der Waals surface area contributed by atoms with Crippen LogP contribution in [0.3, 0.4) is 0 Å². The summed E-state index contributed by atoms with van der Waals surface area (Å²) in [7, 11) is 2.19. The van der Waals surface area contributed by atoms with Crippen LogP contribution in [0.5, 0.6) is 0 Å². The number of nitrogens with zero attached hydrogens (tertiary/aromatic N) is 2. The molecule has 1 fully saturated rings. The first-order valence-electron chi connectivity index (χ1n) is 5.65. The smallest absolute Gasteiger partial charge is 0.0270 e. The molecule has 15 heavy (non-hydrogen) atoms. The van der Waals surface area contributed by atoms with Gasteiger partial charge < -0.3 is 10.2 Å². The molecule has 0 spiro atoms. The van der Waals surface area contributed by atoms with Crippen LogP contribution in [0.15, 0.2) is 24.5 Å². The predicted octanol–water partition coefficient (Wildman–Crippen LogP) is 0.918. The van der Waals surface area contributed by atoms with Gasteiger partial charge in [-0.25, -0.2) is 0 Å². The van der Waals surface area contributed by atoms with Gasteiger partial charge in [0.1, 0.15) is 0 Å². The lowest BCUT2D eigenvalue weighted by Gasteiger charge is -2.30. The maximum absolute atomic E-state index is 4.03. The molecule has 0 radical (unpaired) electrons. The van der Waals surface area contributed by atoms with E-state index < -0.39 is 0 Å². The van der Waals surface area contributed by atoms with Crippen molar-refractivity contribution < 1.29 is 0 Å². The van der Waals surface area contributed by atoms with E-state index in [1.54, 1.807) is 0 Å². The second kappa shape index (κ2) is 5.24. The van der Waals surface area contributed by atoms with Gasteiger partial charge in [0, 0.05) is 38.1 Å². The van der Waals surface area contributed by atoms with Gasteiger partial charge in [-0.05, 0) is 37.6 Å². The number of aromatic nitrogens is 1. The number of likely N-dealkylation sites (N-methyl/N-ethyl adjacent to an activating group) is 1. The lowest BCUT2D eigenvalue weighted by atomic mass is 10.0. The van der Waals surface area contributed by atoms with Gasteiger partial charge in [-0.3, -0.25) is 4.98 Å². The van der Waals surface area contributed by atoms with Gasteiger partial charge in [0.2, 0.25) is 0 Å². The average molecular weight is 205 g/mol. The SMILES string of the molecule is CN1CCNC(CCc2ccncc2)C1. The Balaban J connectivity index is 1.78. The summed E-state index contributed by atoms with van der Waals surface area (Å²) < 4.78 is 0. The standard InChI is InChI=1S/C12H19N3/c1-15-9-8-14-12(10-15)3-2-11-4-6-13-7-5-11/h4-7,12,14H,2-3,8-10H2,1H3. The Bertz CT molecular complexity index is 286. The minimum Gasteiger partial charge on any atom is -0.311 e. The Labute approximate surface area is 91.5 Å².